The van der Waals surface area contributed by atoms with Crippen LogP contribution in [0.4, 0.5) is 5.69 Å². The number of hydrogen-bond donors (Lipinski definition) is 2. The van der Waals surface area contributed by atoms with E-state index in [-0.39, 0.29) is 5.91 Å². The number of carbonyl (C=O) groups excluding carboxylic acids is 1. The molecule has 1 fully saturated rings. The summed E-state index contributed by atoms with van der Waals surface area (Å²) in [6.07, 6.45) is 3.17. The predicted molar refractivity (Wildman–Crippen MR) is 76.5 cm³/mol. The highest BCUT2D eigenvalue weighted by Crippen LogP contribution is 2.21. The van der Waals surface area contributed by atoms with Gasteiger partial charge in [0.05, 0.1) is 0 Å². The summed E-state index contributed by atoms with van der Waals surface area (Å²) in [5, 5.41) is 9.31. The number of carboxylic acids is 1. The van der Waals surface area contributed by atoms with Gasteiger partial charge >= 0.3 is 5.97 Å². The second kappa shape index (κ2) is 5.94. The first kappa shape index (κ1) is 14.4. The van der Waals surface area contributed by atoms with Crippen LogP contribution in [-0.2, 0) is 4.79 Å². The summed E-state index contributed by atoms with van der Waals surface area (Å²) < 4.78 is 0. The average Bonchev–Trinajstić information content (AvgIpc) is 2.66. The van der Waals surface area contributed by atoms with Gasteiger partial charge in [-0.1, -0.05) is 18.9 Å². The van der Waals surface area contributed by atoms with Crippen LogP contribution in [0.2, 0.25) is 0 Å². The third-order valence-corrected chi connectivity index (χ3v) is 3.82. The number of amides is 1. The Kier molecular flexibility index (Phi) is 4.27. The van der Waals surface area contributed by atoms with Gasteiger partial charge < -0.3 is 15.7 Å². The summed E-state index contributed by atoms with van der Waals surface area (Å²) in [6, 6.07) is 4.39. The summed E-state index contributed by atoms with van der Waals surface area (Å²) in [4.78, 5) is 25.4. The van der Waals surface area contributed by atoms with Crippen LogP contribution in [0.25, 0.3) is 0 Å². The standard InChI is InChI=1S/C15H20N2O3/c1-10-6-7-11(9-12(10)16)14(18)17-8-4-2-3-5-13(17)15(19)20/h6-7,9,13H,2-5,8,16H2,1H3,(H,19,20). The number of anilines is 1. The number of likely N-dealkylation sites (tertiary alicyclic amines) is 1. The van der Waals surface area contributed by atoms with E-state index in [9.17, 15) is 14.7 Å². The molecule has 0 bridgehead atoms. The van der Waals surface area contributed by atoms with Crippen LogP contribution >= 0.6 is 0 Å². The highest BCUT2D eigenvalue weighted by molar-refractivity contribution is 5.97. The molecule has 2 rings (SSSR count). The van der Waals surface area contributed by atoms with Crippen molar-refractivity contribution >= 4 is 17.6 Å². The Hall–Kier alpha value is -2.04. The first-order valence-corrected chi connectivity index (χ1v) is 6.90. The molecule has 0 saturated carbocycles. The molecule has 0 aromatic heterocycles. The Bertz CT molecular complexity index is 528. The van der Waals surface area contributed by atoms with Gasteiger partial charge in [0.2, 0.25) is 0 Å². The van der Waals surface area contributed by atoms with Crippen LogP contribution in [0.3, 0.4) is 0 Å². The van der Waals surface area contributed by atoms with Crippen LogP contribution in [0, 0.1) is 6.92 Å². The number of rotatable bonds is 2. The second-order valence-corrected chi connectivity index (χ2v) is 5.27. The van der Waals surface area contributed by atoms with Crippen molar-refractivity contribution in [2.75, 3.05) is 12.3 Å². The fourth-order valence-electron chi connectivity index (χ4n) is 2.55. The molecular formula is C15H20N2O3. The summed E-state index contributed by atoms with van der Waals surface area (Å²) in [5.74, 6) is -1.17. The topological polar surface area (TPSA) is 83.6 Å². The predicted octanol–water partition coefficient (Wildman–Crippen LogP) is 2.05. The van der Waals surface area contributed by atoms with Gasteiger partial charge in [-0.25, -0.2) is 4.79 Å². The summed E-state index contributed by atoms with van der Waals surface area (Å²) in [5.41, 5.74) is 7.75. The zero-order valence-corrected chi connectivity index (χ0v) is 11.6. The van der Waals surface area contributed by atoms with Crippen LogP contribution in [0.1, 0.15) is 41.6 Å². The van der Waals surface area contributed by atoms with Gasteiger partial charge in [-0.2, -0.15) is 0 Å². The molecule has 1 aliphatic rings. The number of nitrogens with two attached hydrogens (primary N) is 1. The Balaban J connectivity index is 2.28. The molecule has 1 saturated heterocycles. The molecule has 1 amide bonds. The molecule has 1 heterocycles. The highest BCUT2D eigenvalue weighted by atomic mass is 16.4. The number of nitrogens with zero attached hydrogens (tertiary/aromatic N) is 1. The molecule has 1 aromatic rings. The lowest BCUT2D eigenvalue weighted by Gasteiger charge is -2.27. The number of carboxylic acid groups (broad SMARTS) is 1. The molecule has 20 heavy (non-hydrogen) atoms. The molecular weight excluding hydrogens is 256 g/mol. The smallest absolute Gasteiger partial charge is 0.326 e. The zero-order valence-electron chi connectivity index (χ0n) is 11.6. The van der Waals surface area contributed by atoms with Crippen molar-refractivity contribution in [1.29, 1.82) is 0 Å². The van der Waals surface area contributed by atoms with Crippen LogP contribution in [0.15, 0.2) is 18.2 Å². The van der Waals surface area contributed by atoms with Crippen molar-refractivity contribution in [2.24, 2.45) is 0 Å². The lowest BCUT2D eigenvalue weighted by molar-refractivity contribution is -0.142. The molecule has 5 heteroatoms. The van der Waals surface area contributed by atoms with E-state index in [1.165, 1.54) is 4.90 Å². The third kappa shape index (κ3) is 2.92. The SMILES string of the molecule is Cc1ccc(C(=O)N2CCCCCC2C(=O)O)cc1N. The quantitative estimate of drug-likeness (QED) is 0.810. The van der Waals surface area contributed by atoms with Crippen molar-refractivity contribution in [3.63, 3.8) is 0 Å². The van der Waals surface area contributed by atoms with Gasteiger partial charge in [-0.3, -0.25) is 4.79 Å². The minimum Gasteiger partial charge on any atom is -0.480 e. The highest BCUT2D eigenvalue weighted by Gasteiger charge is 2.31. The number of carbonyl (C=O) groups is 2. The van der Waals surface area contributed by atoms with E-state index < -0.39 is 12.0 Å². The maximum absolute atomic E-state index is 12.5. The monoisotopic (exact) mass is 276 g/mol. The summed E-state index contributed by atoms with van der Waals surface area (Å²) >= 11 is 0. The van der Waals surface area contributed by atoms with E-state index in [0.29, 0.717) is 24.2 Å². The fourth-order valence-corrected chi connectivity index (χ4v) is 2.55. The normalized spacial score (nSPS) is 19.4. The lowest BCUT2D eigenvalue weighted by Crippen LogP contribution is -2.44. The Morgan fingerprint density at radius 3 is 2.70 bits per heavy atom. The summed E-state index contributed by atoms with van der Waals surface area (Å²) in [6.45, 7) is 2.36. The minimum absolute atomic E-state index is 0.244. The van der Waals surface area contributed by atoms with E-state index >= 15 is 0 Å². The Morgan fingerprint density at radius 2 is 2.05 bits per heavy atom. The number of aryl methyl sites for hydroxylation is 1. The fraction of sp³-hybridized carbons (Fsp3) is 0.467. The second-order valence-electron chi connectivity index (χ2n) is 5.27. The van der Waals surface area contributed by atoms with E-state index in [0.717, 1.165) is 24.8 Å². The maximum Gasteiger partial charge on any atom is 0.326 e. The molecule has 1 unspecified atom stereocenters. The molecule has 108 valence electrons. The first-order chi connectivity index (χ1) is 9.50. The van der Waals surface area contributed by atoms with E-state index in [1.54, 1.807) is 18.2 Å². The molecule has 0 spiro atoms. The first-order valence-electron chi connectivity index (χ1n) is 6.90. The lowest BCUT2D eigenvalue weighted by atomic mass is 10.1. The van der Waals surface area contributed by atoms with Gasteiger partial charge in [0.25, 0.3) is 5.91 Å². The Morgan fingerprint density at radius 1 is 1.30 bits per heavy atom. The third-order valence-electron chi connectivity index (χ3n) is 3.82. The van der Waals surface area contributed by atoms with Gasteiger partial charge in [-0.05, 0) is 37.5 Å². The molecule has 5 nitrogen and oxygen atoms in total. The molecule has 0 radical (unpaired) electrons. The largest absolute Gasteiger partial charge is 0.480 e. The van der Waals surface area contributed by atoms with Crippen LogP contribution in [-0.4, -0.2) is 34.5 Å². The van der Waals surface area contributed by atoms with Gasteiger partial charge in [0.15, 0.2) is 0 Å². The van der Waals surface area contributed by atoms with Crippen LogP contribution < -0.4 is 5.73 Å². The van der Waals surface area contributed by atoms with E-state index in [2.05, 4.69) is 0 Å². The number of hydrogen-bond acceptors (Lipinski definition) is 3. The molecule has 1 atom stereocenters. The van der Waals surface area contributed by atoms with Crippen molar-refractivity contribution in [3.05, 3.63) is 29.3 Å². The van der Waals surface area contributed by atoms with Crippen molar-refractivity contribution in [1.82, 2.24) is 4.90 Å². The molecule has 3 N–H and O–H groups in total. The average molecular weight is 276 g/mol. The minimum atomic E-state index is -0.930. The van der Waals surface area contributed by atoms with Crippen molar-refractivity contribution in [3.8, 4) is 0 Å². The number of benzene rings is 1. The maximum atomic E-state index is 12.5. The Labute approximate surface area is 118 Å². The van der Waals surface area contributed by atoms with Gasteiger partial charge in [0, 0.05) is 17.8 Å². The number of nitrogen functional groups attached to an aromatic ring is 1. The molecule has 0 aliphatic carbocycles. The zero-order chi connectivity index (χ0) is 14.7. The van der Waals surface area contributed by atoms with Gasteiger partial charge in [-0.15, -0.1) is 0 Å². The van der Waals surface area contributed by atoms with Crippen molar-refractivity contribution < 1.29 is 14.7 Å². The summed E-state index contributed by atoms with van der Waals surface area (Å²) in [7, 11) is 0. The van der Waals surface area contributed by atoms with Crippen molar-refractivity contribution in [2.45, 2.75) is 38.6 Å². The van der Waals surface area contributed by atoms with E-state index in [1.807, 2.05) is 6.92 Å². The molecule has 1 aliphatic heterocycles. The number of aliphatic carboxylic acids is 1. The molecule has 1 aromatic carbocycles. The van der Waals surface area contributed by atoms with Crippen LogP contribution in [0.5, 0.6) is 0 Å². The van der Waals surface area contributed by atoms with E-state index in [4.69, 9.17) is 5.73 Å². The van der Waals surface area contributed by atoms with Gasteiger partial charge in [0.1, 0.15) is 6.04 Å².